The molecule has 6 heteroatoms. The zero-order valence-electron chi connectivity index (χ0n) is 14.8. The lowest BCUT2D eigenvalue weighted by Crippen LogP contribution is -2.36. The Bertz CT molecular complexity index is 952. The summed E-state index contributed by atoms with van der Waals surface area (Å²) in [6.07, 6.45) is 2.15. The van der Waals surface area contributed by atoms with E-state index in [9.17, 15) is 13.2 Å². The minimum Gasteiger partial charge on any atom is -0.312 e. The third-order valence-electron chi connectivity index (χ3n) is 5.20. The van der Waals surface area contributed by atoms with Crippen LogP contribution in [0, 0.1) is 6.92 Å². The van der Waals surface area contributed by atoms with E-state index >= 15 is 0 Å². The molecule has 0 radical (unpaired) electrons. The molecule has 1 saturated heterocycles. The number of anilines is 1. The van der Waals surface area contributed by atoms with Crippen molar-refractivity contribution in [2.24, 2.45) is 0 Å². The van der Waals surface area contributed by atoms with Crippen LogP contribution in [-0.2, 0) is 27.8 Å². The van der Waals surface area contributed by atoms with Gasteiger partial charge in [-0.3, -0.25) is 4.79 Å². The van der Waals surface area contributed by atoms with Gasteiger partial charge in [-0.2, -0.15) is 4.31 Å². The van der Waals surface area contributed by atoms with Crippen molar-refractivity contribution < 1.29 is 13.2 Å². The summed E-state index contributed by atoms with van der Waals surface area (Å²) < 4.78 is 27.6. The number of hydrogen-bond donors (Lipinski definition) is 0. The number of aryl methyl sites for hydroxylation is 1. The number of sulfonamides is 1. The van der Waals surface area contributed by atoms with Gasteiger partial charge in [-0.05, 0) is 55.2 Å². The van der Waals surface area contributed by atoms with E-state index in [-0.39, 0.29) is 10.8 Å². The van der Waals surface area contributed by atoms with E-state index in [1.165, 1.54) is 11.1 Å². The monoisotopic (exact) mass is 370 g/mol. The largest absolute Gasteiger partial charge is 0.312 e. The van der Waals surface area contributed by atoms with Gasteiger partial charge in [0.15, 0.2) is 0 Å². The molecule has 136 valence electrons. The van der Waals surface area contributed by atoms with Crippen LogP contribution in [0.3, 0.4) is 0 Å². The summed E-state index contributed by atoms with van der Waals surface area (Å²) in [6, 6.07) is 12.9. The second kappa shape index (κ2) is 6.52. The molecule has 2 aliphatic heterocycles. The summed E-state index contributed by atoms with van der Waals surface area (Å²) in [6.45, 7) is 3.65. The zero-order chi connectivity index (χ0) is 18.3. The highest BCUT2D eigenvalue weighted by Crippen LogP contribution is 2.28. The maximum atomic E-state index is 13.0. The fraction of sp³-hybridized carbons (Fsp3) is 0.350. The molecule has 2 aromatic rings. The van der Waals surface area contributed by atoms with Gasteiger partial charge in [0.2, 0.25) is 15.9 Å². The van der Waals surface area contributed by atoms with E-state index in [2.05, 4.69) is 13.0 Å². The highest BCUT2D eigenvalue weighted by atomic mass is 32.2. The van der Waals surface area contributed by atoms with E-state index in [0.717, 1.165) is 24.1 Å². The SMILES string of the molecule is Cc1ccc2c(c1)CCN(S(=O)(=O)c1ccc(N3CCCC3=O)cc1)C2. The molecule has 0 spiro atoms. The maximum Gasteiger partial charge on any atom is 0.243 e. The summed E-state index contributed by atoms with van der Waals surface area (Å²) >= 11 is 0. The van der Waals surface area contributed by atoms with E-state index in [1.54, 1.807) is 33.5 Å². The van der Waals surface area contributed by atoms with Crippen molar-refractivity contribution in [1.29, 1.82) is 0 Å². The maximum absolute atomic E-state index is 13.0. The molecule has 2 heterocycles. The molecule has 0 aliphatic carbocycles. The van der Waals surface area contributed by atoms with Crippen molar-refractivity contribution in [2.45, 2.75) is 37.6 Å². The smallest absolute Gasteiger partial charge is 0.243 e. The van der Waals surface area contributed by atoms with Crippen molar-refractivity contribution in [1.82, 2.24) is 4.31 Å². The van der Waals surface area contributed by atoms with E-state index < -0.39 is 10.0 Å². The van der Waals surface area contributed by atoms with Crippen LogP contribution in [-0.4, -0.2) is 31.7 Å². The molecule has 2 aliphatic rings. The number of rotatable bonds is 3. The Morgan fingerprint density at radius 2 is 1.69 bits per heavy atom. The molecule has 0 saturated carbocycles. The first-order valence-corrected chi connectivity index (χ1v) is 10.4. The summed E-state index contributed by atoms with van der Waals surface area (Å²) in [7, 11) is -3.54. The summed E-state index contributed by atoms with van der Waals surface area (Å²) in [5.74, 6) is 0.100. The topological polar surface area (TPSA) is 57.7 Å². The molecule has 0 aromatic heterocycles. The Kier molecular flexibility index (Phi) is 4.32. The zero-order valence-corrected chi connectivity index (χ0v) is 15.6. The number of nitrogens with zero attached hydrogens (tertiary/aromatic N) is 2. The second-order valence-electron chi connectivity index (χ2n) is 7.00. The van der Waals surface area contributed by atoms with Gasteiger partial charge in [-0.1, -0.05) is 23.8 Å². The number of fused-ring (bicyclic) bond motifs is 1. The van der Waals surface area contributed by atoms with Gasteiger partial charge in [0.25, 0.3) is 0 Å². The van der Waals surface area contributed by atoms with Gasteiger partial charge in [0.05, 0.1) is 4.90 Å². The standard InChI is InChI=1S/C20H22N2O3S/c1-15-4-5-17-14-21(12-10-16(17)13-15)26(24,25)19-8-6-18(7-9-19)22-11-2-3-20(22)23/h4-9,13H,2-3,10-12,14H2,1H3. The van der Waals surface area contributed by atoms with Crippen LogP contribution in [0.25, 0.3) is 0 Å². The van der Waals surface area contributed by atoms with Crippen molar-refractivity contribution in [2.75, 3.05) is 18.0 Å². The van der Waals surface area contributed by atoms with Gasteiger partial charge < -0.3 is 4.90 Å². The van der Waals surface area contributed by atoms with E-state index in [4.69, 9.17) is 0 Å². The molecule has 1 amide bonds. The second-order valence-corrected chi connectivity index (χ2v) is 8.94. The molecule has 26 heavy (non-hydrogen) atoms. The van der Waals surface area contributed by atoms with Gasteiger partial charge >= 0.3 is 0 Å². The number of carbonyl (C=O) groups excluding carboxylic acids is 1. The molecule has 1 fully saturated rings. The molecule has 5 nitrogen and oxygen atoms in total. The summed E-state index contributed by atoms with van der Waals surface area (Å²) in [5.41, 5.74) is 4.28. The lowest BCUT2D eigenvalue weighted by molar-refractivity contribution is -0.117. The van der Waals surface area contributed by atoms with Crippen molar-refractivity contribution in [3.05, 3.63) is 59.2 Å². The minimum absolute atomic E-state index is 0.100. The van der Waals surface area contributed by atoms with Crippen molar-refractivity contribution in [3.63, 3.8) is 0 Å². The highest BCUT2D eigenvalue weighted by Gasteiger charge is 2.29. The molecular formula is C20H22N2O3S. The Labute approximate surface area is 154 Å². The van der Waals surface area contributed by atoms with Crippen LogP contribution >= 0.6 is 0 Å². The molecular weight excluding hydrogens is 348 g/mol. The number of carbonyl (C=O) groups is 1. The first-order valence-electron chi connectivity index (χ1n) is 8.94. The third-order valence-corrected chi connectivity index (χ3v) is 7.06. The predicted octanol–water partition coefficient (Wildman–Crippen LogP) is 2.87. The molecule has 0 atom stereocenters. The average Bonchev–Trinajstić information content (AvgIpc) is 3.07. The Morgan fingerprint density at radius 1 is 0.923 bits per heavy atom. The van der Waals surface area contributed by atoms with Crippen LogP contribution in [0.5, 0.6) is 0 Å². The normalized spacial score (nSPS) is 18.2. The van der Waals surface area contributed by atoms with Gasteiger partial charge in [0, 0.05) is 31.7 Å². The first-order chi connectivity index (χ1) is 12.4. The number of amides is 1. The molecule has 0 unspecified atom stereocenters. The van der Waals surface area contributed by atoms with Crippen molar-refractivity contribution in [3.8, 4) is 0 Å². The van der Waals surface area contributed by atoms with E-state index in [1.807, 2.05) is 12.1 Å². The van der Waals surface area contributed by atoms with Crippen LogP contribution in [0.15, 0.2) is 47.4 Å². The first kappa shape index (κ1) is 17.2. The molecule has 4 rings (SSSR count). The predicted molar refractivity (Wildman–Crippen MR) is 101 cm³/mol. The van der Waals surface area contributed by atoms with Crippen LogP contribution < -0.4 is 4.90 Å². The van der Waals surface area contributed by atoms with Crippen molar-refractivity contribution >= 4 is 21.6 Å². The lowest BCUT2D eigenvalue weighted by atomic mass is 9.99. The van der Waals surface area contributed by atoms with E-state index in [0.29, 0.717) is 26.1 Å². The lowest BCUT2D eigenvalue weighted by Gasteiger charge is -2.28. The van der Waals surface area contributed by atoms with Crippen LogP contribution in [0.4, 0.5) is 5.69 Å². The van der Waals surface area contributed by atoms with Gasteiger partial charge in [-0.25, -0.2) is 8.42 Å². The highest BCUT2D eigenvalue weighted by molar-refractivity contribution is 7.89. The van der Waals surface area contributed by atoms with Crippen LogP contribution in [0.1, 0.15) is 29.5 Å². The minimum atomic E-state index is -3.54. The van der Waals surface area contributed by atoms with Gasteiger partial charge in [-0.15, -0.1) is 0 Å². The molecule has 2 aromatic carbocycles. The Morgan fingerprint density at radius 3 is 2.38 bits per heavy atom. The number of hydrogen-bond acceptors (Lipinski definition) is 3. The fourth-order valence-corrected chi connectivity index (χ4v) is 5.15. The number of benzene rings is 2. The quantitative estimate of drug-likeness (QED) is 0.835. The third kappa shape index (κ3) is 3.04. The van der Waals surface area contributed by atoms with Gasteiger partial charge in [0.1, 0.15) is 0 Å². The Balaban J connectivity index is 1.57. The average molecular weight is 370 g/mol. The molecule has 0 bridgehead atoms. The molecule has 0 N–H and O–H groups in total. The van der Waals surface area contributed by atoms with Crippen LogP contribution in [0.2, 0.25) is 0 Å². The fourth-order valence-electron chi connectivity index (χ4n) is 3.73. The Hall–Kier alpha value is -2.18. The summed E-state index contributed by atoms with van der Waals surface area (Å²) in [5, 5.41) is 0. The summed E-state index contributed by atoms with van der Waals surface area (Å²) in [4.78, 5) is 13.8.